The maximum absolute atomic E-state index is 14.3. The summed E-state index contributed by atoms with van der Waals surface area (Å²) in [4.78, 5) is 30.9. The lowest BCUT2D eigenvalue weighted by Gasteiger charge is -2.44. The van der Waals surface area contributed by atoms with Crippen LogP contribution in [0.25, 0.3) is 0 Å². The molecule has 3 rings (SSSR count). The number of hydrogen-bond donors (Lipinski definition) is 2. The number of carbonyl (C=O) groups is 2. The Bertz CT molecular complexity index is 1550. The van der Waals surface area contributed by atoms with Crippen LogP contribution in [0.15, 0.2) is 66.9 Å². The quantitative estimate of drug-likeness (QED) is 0.117. The van der Waals surface area contributed by atoms with Gasteiger partial charge in [0.2, 0.25) is 8.32 Å². The van der Waals surface area contributed by atoms with E-state index in [1.165, 1.54) is 0 Å². The monoisotopic (exact) mass is 666 g/mol. The molecule has 0 bridgehead atoms. The van der Waals surface area contributed by atoms with Gasteiger partial charge in [-0.15, -0.1) is 6.58 Å². The Hall–Kier alpha value is -3.89. The summed E-state index contributed by atoms with van der Waals surface area (Å²) < 4.78 is 40.8. The van der Waals surface area contributed by atoms with Gasteiger partial charge in [-0.25, -0.2) is 8.78 Å². The minimum Gasteiger partial charge on any atom is -0.486 e. The van der Waals surface area contributed by atoms with Gasteiger partial charge in [-0.2, -0.15) is 0 Å². The summed E-state index contributed by atoms with van der Waals surface area (Å²) in [5, 5.41) is 13.2. The number of ether oxygens (including phenoxy) is 1. The molecule has 7 nitrogen and oxygen atoms in total. The van der Waals surface area contributed by atoms with E-state index in [1.807, 2.05) is 26.0 Å². The minimum atomic E-state index is -2.61. The zero-order chi connectivity index (χ0) is 35.1. The number of carbonyl (C=O) groups excluding carboxylic acids is 1. The van der Waals surface area contributed by atoms with Crippen LogP contribution in [-0.2, 0) is 15.8 Å². The Morgan fingerprint density at radius 3 is 2.19 bits per heavy atom. The SMILES string of the molecule is C=C(C)C[C@@H](NC(=O)c1cc(COc2cc(F)ccc2F)ccc1C(CC(=O)O)O[Si](C(C)C)(C(C)C)C(C)C)c1ccnc(C)c1. The van der Waals surface area contributed by atoms with Crippen LogP contribution < -0.4 is 10.1 Å². The van der Waals surface area contributed by atoms with Crippen molar-refractivity contribution in [1.82, 2.24) is 10.3 Å². The molecule has 3 aromatic rings. The number of aromatic nitrogens is 1. The molecule has 254 valence electrons. The predicted octanol–water partition coefficient (Wildman–Crippen LogP) is 9.39. The van der Waals surface area contributed by atoms with Crippen molar-refractivity contribution in [3.63, 3.8) is 0 Å². The Balaban J connectivity index is 2.15. The van der Waals surface area contributed by atoms with Crippen LogP contribution in [-0.4, -0.2) is 30.3 Å². The normalized spacial score (nSPS) is 13.1. The summed E-state index contributed by atoms with van der Waals surface area (Å²) in [6.07, 6.45) is 0.891. The van der Waals surface area contributed by atoms with E-state index in [0.29, 0.717) is 17.5 Å². The van der Waals surface area contributed by atoms with Crippen LogP contribution >= 0.6 is 0 Å². The standard InChI is InChI=1S/C37H48F2N2O5Si/c1-22(2)16-33(28-14-15-40-26(9)17-28)41-37(44)31-18-27(21-45-35-19-29(38)11-13-32(35)39)10-12-30(31)34(20-36(42)43)46-47(23(3)4,24(5)6)25(7)8/h10-15,17-19,23-25,33-34H,1,16,20-21H2,2-9H3,(H,41,44)(H,42,43)/t33-,34?/m1/s1. The molecule has 2 atom stereocenters. The van der Waals surface area contributed by atoms with E-state index < -0.39 is 44.0 Å². The topological polar surface area (TPSA) is 97.8 Å². The molecule has 10 heteroatoms. The molecule has 1 aromatic heterocycles. The highest BCUT2D eigenvalue weighted by Gasteiger charge is 2.47. The van der Waals surface area contributed by atoms with Gasteiger partial charge in [0.15, 0.2) is 11.6 Å². The molecule has 0 aliphatic heterocycles. The fourth-order valence-electron chi connectivity index (χ4n) is 6.57. The molecule has 0 saturated heterocycles. The average Bonchev–Trinajstić information content (AvgIpc) is 2.98. The van der Waals surface area contributed by atoms with Gasteiger partial charge in [0, 0.05) is 23.5 Å². The zero-order valence-electron chi connectivity index (χ0n) is 28.7. The first-order chi connectivity index (χ1) is 22.0. The summed E-state index contributed by atoms with van der Waals surface area (Å²) in [6, 6.07) is 11.2. The van der Waals surface area contributed by atoms with Gasteiger partial charge in [-0.1, -0.05) is 59.2 Å². The molecule has 0 aliphatic rings. The van der Waals surface area contributed by atoms with E-state index in [0.717, 1.165) is 35.0 Å². The third-order valence-electron chi connectivity index (χ3n) is 8.59. The van der Waals surface area contributed by atoms with E-state index in [1.54, 1.807) is 24.4 Å². The molecule has 1 unspecified atom stereocenters. The third-order valence-corrected chi connectivity index (χ3v) is 14.7. The van der Waals surface area contributed by atoms with Gasteiger partial charge in [0.25, 0.3) is 5.91 Å². The number of pyridine rings is 1. The van der Waals surface area contributed by atoms with Gasteiger partial charge in [0.1, 0.15) is 12.4 Å². The van der Waals surface area contributed by atoms with Crippen LogP contribution in [0.1, 0.15) is 106 Å². The van der Waals surface area contributed by atoms with Crippen LogP contribution in [0.3, 0.4) is 0 Å². The molecule has 1 heterocycles. The second-order valence-electron chi connectivity index (χ2n) is 13.2. The number of benzene rings is 2. The fourth-order valence-corrected chi connectivity index (χ4v) is 12.1. The number of carboxylic acid groups (broad SMARTS) is 1. The Labute approximate surface area is 278 Å². The zero-order valence-corrected chi connectivity index (χ0v) is 29.7. The second kappa shape index (κ2) is 16.3. The molecule has 0 aliphatic carbocycles. The molecule has 0 saturated carbocycles. The third kappa shape index (κ3) is 9.57. The summed E-state index contributed by atoms with van der Waals surface area (Å²) >= 11 is 0. The minimum absolute atomic E-state index is 0.160. The van der Waals surface area contributed by atoms with Gasteiger partial charge >= 0.3 is 5.97 Å². The number of aliphatic carboxylic acids is 1. The van der Waals surface area contributed by atoms with Crippen molar-refractivity contribution in [2.75, 3.05) is 0 Å². The highest BCUT2D eigenvalue weighted by atomic mass is 28.4. The highest BCUT2D eigenvalue weighted by molar-refractivity contribution is 6.77. The first kappa shape index (κ1) is 37.6. The predicted molar refractivity (Wildman–Crippen MR) is 183 cm³/mol. The molecule has 2 aromatic carbocycles. The molecular formula is C37H48F2N2O5Si. The average molecular weight is 667 g/mol. The summed E-state index contributed by atoms with van der Waals surface area (Å²) in [5.74, 6) is -3.12. The van der Waals surface area contributed by atoms with E-state index >= 15 is 0 Å². The largest absolute Gasteiger partial charge is 0.486 e. The van der Waals surface area contributed by atoms with Gasteiger partial charge in [0.05, 0.1) is 18.6 Å². The van der Waals surface area contributed by atoms with Gasteiger partial charge in [-0.3, -0.25) is 14.6 Å². The maximum Gasteiger partial charge on any atom is 0.306 e. The van der Waals surface area contributed by atoms with Crippen LogP contribution in [0.4, 0.5) is 8.78 Å². The van der Waals surface area contributed by atoms with E-state index in [9.17, 15) is 23.5 Å². The van der Waals surface area contributed by atoms with Crippen LogP contribution in [0.5, 0.6) is 5.75 Å². The Morgan fingerprint density at radius 1 is 0.957 bits per heavy atom. The number of nitrogens with zero attached hydrogens (tertiary/aromatic N) is 1. The van der Waals surface area contributed by atoms with Crippen molar-refractivity contribution in [2.45, 2.75) is 104 Å². The molecular weight excluding hydrogens is 618 g/mol. The lowest BCUT2D eigenvalue weighted by atomic mass is 9.95. The molecule has 0 radical (unpaired) electrons. The van der Waals surface area contributed by atoms with Crippen molar-refractivity contribution < 1.29 is 32.6 Å². The molecule has 1 amide bonds. The maximum atomic E-state index is 14.3. The Morgan fingerprint density at radius 2 is 1.62 bits per heavy atom. The number of aryl methyl sites for hydroxylation is 1. The lowest BCUT2D eigenvalue weighted by molar-refractivity contribution is -0.139. The second-order valence-corrected chi connectivity index (χ2v) is 18.6. The van der Waals surface area contributed by atoms with Gasteiger partial charge < -0.3 is 19.6 Å². The van der Waals surface area contributed by atoms with Crippen molar-refractivity contribution in [3.8, 4) is 5.75 Å². The summed E-state index contributed by atoms with van der Waals surface area (Å²) in [6.45, 7) is 20.3. The van der Waals surface area contributed by atoms with Gasteiger partial charge in [-0.05, 0) is 83.9 Å². The lowest BCUT2D eigenvalue weighted by Crippen LogP contribution is -2.49. The van der Waals surface area contributed by atoms with E-state index in [4.69, 9.17) is 9.16 Å². The van der Waals surface area contributed by atoms with Crippen LogP contribution in [0.2, 0.25) is 16.6 Å². The van der Waals surface area contributed by atoms with Crippen molar-refractivity contribution in [2.24, 2.45) is 0 Å². The molecule has 2 N–H and O–H groups in total. The van der Waals surface area contributed by atoms with E-state index in [-0.39, 0.29) is 41.0 Å². The van der Waals surface area contributed by atoms with Crippen molar-refractivity contribution >= 4 is 20.2 Å². The van der Waals surface area contributed by atoms with Crippen LogP contribution in [0, 0.1) is 18.6 Å². The van der Waals surface area contributed by atoms with Crippen molar-refractivity contribution in [3.05, 3.63) is 106 Å². The van der Waals surface area contributed by atoms with Crippen molar-refractivity contribution in [1.29, 1.82) is 0 Å². The summed E-state index contributed by atoms with van der Waals surface area (Å²) in [5.41, 5.74) is 4.16. The molecule has 0 spiro atoms. The first-order valence-electron chi connectivity index (χ1n) is 16.0. The summed E-state index contributed by atoms with van der Waals surface area (Å²) in [7, 11) is -2.61. The smallest absolute Gasteiger partial charge is 0.306 e. The molecule has 47 heavy (non-hydrogen) atoms. The number of carboxylic acids is 1. The number of hydrogen-bond acceptors (Lipinski definition) is 5. The Kier molecular flexibility index (Phi) is 13.0. The number of nitrogens with one attached hydrogen (secondary N) is 1. The number of amides is 1. The number of halogens is 2. The number of rotatable bonds is 16. The first-order valence-corrected chi connectivity index (χ1v) is 18.2. The molecule has 0 fully saturated rings. The fraction of sp³-hybridized carbons (Fsp3) is 0.432. The van der Waals surface area contributed by atoms with E-state index in [2.05, 4.69) is 58.4 Å². The highest BCUT2D eigenvalue weighted by Crippen LogP contribution is 2.46.